The molecule has 0 bridgehead atoms. The molecule has 0 amide bonds. The molecule has 1 N–H and O–H groups in total. The molecular weight excluding hydrogens is 312 g/mol. The first-order chi connectivity index (χ1) is 9.01. The van der Waals surface area contributed by atoms with Crippen LogP contribution >= 0.6 is 22.9 Å². The molecular formula is C9H11ClN4O3S2. The van der Waals surface area contributed by atoms with Gasteiger partial charge in [-0.1, -0.05) is 22.9 Å². The van der Waals surface area contributed by atoms with Gasteiger partial charge in [-0.05, 0) is 0 Å². The highest BCUT2D eigenvalue weighted by molar-refractivity contribution is 7.94. The van der Waals surface area contributed by atoms with Gasteiger partial charge in [0.25, 0.3) is 10.0 Å². The third-order valence-corrected chi connectivity index (χ3v) is 5.09. The lowest BCUT2D eigenvalue weighted by atomic mass is 10.6. The van der Waals surface area contributed by atoms with Gasteiger partial charge in [0.15, 0.2) is 8.68 Å². The van der Waals surface area contributed by atoms with Gasteiger partial charge in [-0.2, -0.15) is 5.10 Å². The highest BCUT2D eigenvalue weighted by atomic mass is 35.5. The van der Waals surface area contributed by atoms with Crippen LogP contribution in [0, 0.1) is 0 Å². The maximum atomic E-state index is 12.0. The Morgan fingerprint density at radius 2 is 2.32 bits per heavy atom. The van der Waals surface area contributed by atoms with E-state index in [1.54, 1.807) is 18.0 Å². The maximum Gasteiger partial charge on any atom is 0.273 e. The van der Waals surface area contributed by atoms with Gasteiger partial charge in [0, 0.05) is 13.3 Å². The Bertz CT molecular complexity index is 652. The quantitative estimate of drug-likeness (QED) is 0.869. The second-order valence-electron chi connectivity index (χ2n) is 3.52. The summed E-state index contributed by atoms with van der Waals surface area (Å²) >= 11 is 6.51. The van der Waals surface area contributed by atoms with E-state index in [1.165, 1.54) is 12.4 Å². The Kier molecular flexibility index (Phi) is 4.40. The molecule has 0 unspecified atom stereocenters. The normalized spacial score (nSPS) is 11.7. The summed E-state index contributed by atoms with van der Waals surface area (Å²) in [7, 11) is -2.08. The van der Waals surface area contributed by atoms with Crippen LogP contribution in [0.2, 0.25) is 4.47 Å². The van der Waals surface area contributed by atoms with Crippen molar-refractivity contribution in [1.82, 2.24) is 14.8 Å². The highest BCUT2D eigenvalue weighted by Gasteiger charge is 2.18. The largest absolute Gasteiger partial charge is 0.383 e. The van der Waals surface area contributed by atoms with Crippen LogP contribution in [0.25, 0.3) is 0 Å². The van der Waals surface area contributed by atoms with Crippen molar-refractivity contribution in [3.05, 3.63) is 23.1 Å². The van der Waals surface area contributed by atoms with Gasteiger partial charge in [0.2, 0.25) is 0 Å². The first-order valence-corrected chi connectivity index (χ1v) is 7.84. The fourth-order valence-corrected chi connectivity index (χ4v) is 3.61. The molecule has 0 atom stereocenters. The van der Waals surface area contributed by atoms with Gasteiger partial charge in [-0.3, -0.25) is 9.40 Å². The number of nitrogens with one attached hydrogen (secondary N) is 1. The first-order valence-electron chi connectivity index (χ1n) is 5.17. The molecule has 0 aliphatic heterocycles. The van der Waals surface area contributed by atoms with Gasteiger partial charge < -0.3 is 4.74 Å². The molecule has 0 radical (unpaired) electrons. The molecule has 0 saturated heterocycles. The van der Waals surface area contributed by atoms with E-state index in [2.05, 4.69) is 14.8 Å². The summed E-state index contributed by atoms with van der Waals surface area (Å²) in [5.74, 6) is 0. The third-order valence-electron chi connectivity index (χ3n) is 2.13. The predicted octanol–water partition coefficient (Wildman–Crippen LogP) is 1.44. The number of ether oxygens (including phenoxy) is 1. The lowest BCUT2D eigenvalue weighted by Gasteiger charge is -2.02. The average molecular weight is 323 g/mol. The van der Waals surface area contributed by atoms with Gasteiger partial charge >= 0.3 is 0 Å². The zero-order valence-electron chi connectivity index (χ0n) is 9.91. The van der Waals surface area contributed by atoms with Crippen LogP contribution in [0.15, 0.2) is 22.8 Å². The van der Waals surface area contributed by atoms with E-state index >= 15 is 0 Å². The molecule has 10 heteroatoms. The number of rotatable bonds is 6. The fraction of sp³-hybridized carbons (Fsp3) is 0.333. The summed E-state index contributed by atoms with van der Waals surface area (Å²) in [6.45, 7) is 1.04. The number of sulfonamides is 1. The molecule has 0 aliphatic rings. The molecule has 0 saturated carbocycles. The lowest BCUT2D eigenvalue weighted by Crippen LogP contribution is -2.11. The van der Waals surface area contributed by atoms with Crippen molar-refractivity contribution in [3.8, 4) is 0 Å². The molecule has 19 heavy (non-hydrogen) atoms. The highest BCUT2D eigenvalue weighted by Crippen LogP contribution is 2.24. The van der Waals surface area contributed by atoms with Crippen molar-refractivity contribution < 1.29 is 13.2 Å². The first kappa shape index (κ1) is 14.3. The van der Waals surface area contributed by atoms with E-state index in [9.17, 15) is 8.42 Å². The average Bonchev–Trinajstić information content (AvgIpc) is 2.95. The molecule has 0 spiro atoms. The van der Waals surface area contributed by atoms with Gasteiger partial charge in [-0.25, -0.2) is 13.4 Å². The van der Waals surface area contributed by atoms with Crippen molar-refractivity contribution in [1.29, 1.82) is 0 Å². The summed E-state index contributed by atoms with van der Waals surface area (Å²) in [5, 5.41) is 4.01. The van der Waals surface area contributed by atoms with E-state index in [1.807, 2.05) is 0 Å². The van der Waals surface area contributed by atoms with Gasteiger partial charge in [0.05, 0.1) is 31.2 Å². The van der Waals surface area contributed by atoms with Crippen LogP contribution in [0.1, 0.15) is 0 Å². The van der Waals surface area contributed by atoms with Gasteiger partial charge in [-0.15, -0.1) is 0 Å². The number of methoxy groups -OCH3 is 1. The number of thiazole rings is 1. The van der Waals surface area contributed by atoms with Crippen molar-refractivity contribution in [2.24, 2.45) is 0 Å². The Balaban J connectivity index is 2.10. The molecule has 7 nitrogen and oxygen atoms in total. The summed E-state index contributed by atoms with van der Waals surface area (Å²) in [4.78, 5) is 3.70. The Morgan fingerprint density at radius 1 is 1.53 bits per heavy atom. The minimum Gasteiger partial charge on any atom is -0.383 e. The van der Waals surface area contributed by atoms with Crippen LogP contribution in [0.4, 0.5) is 5.69 Å². The summed E-state index contributed by atoms with van der Waals surface area (Å²) < 4.78 is 33.1. The smallest absolute Gasteiger partial charge is 0.273 e. The number of aromatic nitrogens is 3. The zero-order valence-corrected chi connectivity index (χ0v) is 12.3. The number of hydrogen-bond acceptors (Lipinski definition) is 6. The topological polar surface area (TPSA) is 86.1 Å². The summed E-state index contributed by atoms with van der Waals surface area (Å²) in [5.41, 5.74) is 0.376. The molecule has 0 aliphatic carbocycles. The fourth-order valence-electron chi connectivity index (χ4n) is 1.29. The molecule has 104 valence electrons. The standard InChI is InChI=1S/C9H11ClN4O3S2/c1-17-3-2-14-6-7(4-12-14)13-19(15,16)8-5-11-9(10)18-8/h4-6,13H,2-3H2,1H3. The summed E-state index contributed by atoms with van der Waals surface area (Å²) in [6, 6.07) is 0. The minimum atomic E-state index is -3.66. The maximum absolute atomic E-state index is 12.0. The van der Waals surface area contributed by atoms with E-state index < -0.39 is 10.0 Å². The minimum absolute atomic E-state index is 0.0575. The molecule has 2 rings (SSSR count). The van der Waals surface area contributed by atoms with E-state index in [-0.39, 0.29) is 8.68 Å². The molecule has 0 aromatic carbocycles. The molecule has 0 fully saturated rings. The van der Waals surface area contributed by atoms with Gasteiger partial charge in [0.1, 0.15) is 0 Å². The van der Waals surface area contributed by atoms with E-state index in [4.69, 9.17) is 16.3 Å². The number of nitrogens with zero attached hydrogens (tertiary/aromatic N) is 3. The number of hydrogen-bond donors (Lipinski definition) is 1. The second kappa shape index (κ2) is 5.87. The van der Waals surface area contributed by atoms with Crippen LogP contribution in [-0.2, 0) is 21.3 Å². The van der Waals surface area contributed by atoms with Crippen LogP contribution in [0.5, 0.6) is 0 Å². The van der Waals surface area contributed by atoms with E-state index in [0.29, 0.717) is 18.8 Å². The number of halogens is 1. The van der Waals surface area contributed by atoms with Crippen molar-refractivity contribution in [2.75, 3.05) is 18.4 Å². The zero-order chi connectivity index (χ0) is 13.9. The second-order valence-corrected chi connectivity index (χ2v) is 7.04. The molecule has 2 heterocycles. The predicted molar refractivity (Wildman–Crippen MR) is 72.0 cm³/mol. The van der Waals surface area contributed by atoms with Crippen molar-refractivity contribution >= 4 is 38.6 Å². The molecule has 2 aromatic rings. The Labute approximate surface area is 119 Å². The van der Waals surface area contributed by atoms with Crippen molar-refractivity contribution in [3.63, 3.8) is 0 Å². The van der Waals surface area contributed by atoms with Crippen LogP contribution in [-0.4, -0.2) is 36.9 Å². The Hall–Kier alpha value is -1.16. The lowest BCUT2D eigenvalue weighted by molar-refractivity contribution is 0.183. The summed E-state index contributed by atoms with van der Waals surface area (Å²) in [6.07, 6.45) is 4.22. The SMILES string of the molecule is COCCn1cc(NS(=O)(=O)c2cnc(Cl)s2)cn1. The van der Waals surface area contributed by atoms with Crippen LogP contribution < -0.4 is 4.72 Å². The third kappa shape index (κ3) is 3.66. The number of anilines is 1. The molecule has 2 aromatic heterocycles. The monoisotopic (exact) mass is 322 g/mol. The van der Waals surface area contributed by atoms with Crippen molar-refractivity contribution in [2.45, 2.75) is 10.8 Å². The van der Waals surface area contributed by atoms with E-state index in [0.717, 1.165) is 11.3 Å². The van der Waals surface area contributed by atoms with Crippen LogP contribution in [0.3, 0.4) is 0 Å². The Morgan fingerprint density at radius 3 is 2.95 bits per heavy atom.